The highest BCUT2D eigenvalue weighted by Gasteiger charge is 2.04. The molecule has 0 bridgehead atoms. The molecule has 26 heavy (non-hydrogen) atoms. The molecular weight excluding hydrogens is 388 g/mol. The van der Waals surface area contributed by atoms with Crippen molar-refractivity contribution in [3.63, 3.8) is 0 Å². The fourth-order valence-corrected chi connectivity index (χ4v) is 3.09. The molecule has 0 spiro atoms. The van der Waals surface area contributed by atoms with Gasteiger partial charge in [0, 0.05) is 28.5 Å². The SMILES string of the molecule is CN/C(=C(\C)Br)c1cccc(Nc2ccc(Oc3ccccc3)cc2)c1. The zero-order valence-corrected chi connectivity index (χ0v) is 16.4. The van der Waals surface area contributed by atoms with Crippen LogP contribution in [0.25, 0.3) is 5.70 Å². The number of benzene rings is 3. The molecule has 0 aromatic heterocycles. The predicted molar refractivity (Wildman–Crippen MR) is 113 cm³/mol. The lowest BCUT2D eigenvalue weighted by molar-refractivity contribution is 0.483. The molecule has 0 radical (unpaired) electrons. The molecule has 132 valence electrons. The van der Waals surface area contributed by atoms with E-state index in [9.17, 15) is 0 Å². The van der Waals surface area contributed by atoms with Crippen LogP contribution in [0.3, 0.4) is 0 Å². The normalized spacial score (nSPS) is 11.5. The summed E-state index contributed by atoms with van der Waals surface area (Å²) < 4.78 is 6.90. The minimum atomic E-state index is 0.811. The van der Waals surface area contributed by atoms with Crippen LogP contribution in [-0.4, -0.2) is 7.05 Å². The summed E-state index contributed by atoms with van der Waals surface area (Å²) in [6.45, 7) is 2.03. The molecule has 0 unspecified atom stereocenters. The number of nitrogens with one attached hydrogen (secondary N) is 2. The van der Waals surface area contributed by atoms with Crippen LogP contribution in [0, 0.1) is 0 Å². The Morgan fingerprint density at radius 2 is 1.50 bits per heavy atom. The fourth-order valence-electron chi connectivity index (χ4n) is 2.67. The van der Waals surface area contributed by atoms with E-state index in [4.69, 9.17) is 4.74 Å². The van der Waals surface area contributed by atoms with Crippen LogP contribution in [0.5, 0.6) is 11.5 Å². The number of hydrogen-bond acceptors (Lipinski definition) is 3. The van der Waals surface area contributed by atoms with Crippen molar-refractivity contribution in [1.29, 1.82) is 0 Å². The van der Waals surface area contributed by atoms with Gasteiger partial charge in [-0.05, 0) is 55.5 Å². The quantitative estimate of drug-likeness (QED) is 0.486. The van der Waals surface area contributed by atoms with E-state index in [0.717, 1.165) is 38.6 Å². The van der Waals surface area contributed by atoms with Crippen LogP contribution in [0.4, 0.5) is 11.4 Å². The zero-order valence-electron chi connectivity index (χ0n) is 14.8. The summed E-state index contributed by atoms with van der Waals surface area (Å²) in [5.41, 5.74) is 4.23. The molecule has 4 heteroatoms. The first-order valence-corrected chi connectivity index (χ1v) is 9.19. The first kappa shape index (κ1) is 18.1. The number of hydrogen-bond donors (Lipinski definition) is 2. The van der Waals surface area contributed by atoms with E-state index in [1.165, 1.54) is 0 Å². The van der Waals surface area contributed by atoms with Crippen LogP contribution in [-0.2, 0) is 0 Å². The summed E-state index contributed by atoms with van der Waals surface area (Å²) >= 11 is 3.55. The standard InChI is InChI=1S/C22H21BrN2O/c1-16(23)22(24-2)17-7-6-8-19(15-17)25-18-11-13-21(14-12-18)26-20-9-4-3-5-10-20/h3-15,24-25H,1-2H3/b22-16+. The van der Waals surface area contributed by atoms with Crippen molar-refractivity contribution >= 4 is 33.0 Å². The van der Waals surface area contributed by atoms with Gasteiger partial charge in [-0.25, -0.2) is 0 Å². The van der Waals surface area contributed by atoms with Gasteiger partial charge in [0.15, 0.2) is 0 Å². The van der Waals surface area contributed by atoms with Crippen molar-refractivity contribution in [1.82, 2.24) is 5.32 Å². The zero-order chi connectivity index (χ0) is 18.4. The topological polar surface area (TPSA) is 33.3 Å². The Bertz CT molecular complexity index is 886. The maximum atomic E-state index is 5.83. The van der Waals surface area contributed by atoms with Gasteiger partial charge in [0.1, 0.15) is 11.5 Å². The van der Waals surface area contributed by atoms with E-state index in [-0.39, 0.29) is 0 Å². The number of rotatable bonds is 6. The summed E-state index contributed by atoms with van der Waals surface area (Å²) in [6.07, 6.45) is 0. The summed E-state index contributed by atoms with van der Waals surface area (Å²) in [4.78, 5) is 0. The van der Waals surface area contributed by atoms with E-state index >= 15 is 0 Å². The Labute approximate surface area is 162 Å². The Kier molecular flexibility index (Phi) is 5.97. The lowest BCUT2D eigenvalue weighted by Gasteiger charge is -2.12. The van der Waals surface area contributed by atoms with Crippen LogP contribution >= 0.6 is 15.9 Å². The lowest BCUT2D eigenvalue weighted by Crippen LogP contribution is -2.05. The van der Waals surface area contributed by atoms with E-state index in [1.807, 2.05) is 74.6 Å². The Balaban J connectivity index is 1.72. The Morgan fingerprint density at radius 3 is 2.15 bits per heavy atom. The number of anilines is 2. The van der Waals surface area contributed by atoms with Crippen molar-refractivity contribution in [2.45, 2.75) is 6.92 Å². The summed E-state index contributed by atoms with van der Waals surface area (Å²) in [5, 5.41) is 6.66. The van der Waals surface area contributed by atoms with E-state index in [2.05, 4.69) is 44.8 Å². The first-order valence-electron chi connectivity index (χ1n) is 8.40. The molecule has 0 aliphatic heterocycles. The number of halogens is 1. The molecule has 0 saturated carbocycles. The maximum absolute atomic E-state index is 5.83. The van der Waals surface area contributed by atoms with Crippen LogP contribution in [0.15, 0.2) is 83.3 Å². The lowest BCUT2D eigenvalue weighted by atomic mass is 10.1. The second-order valence-corrected chi connectivity index (χ2v) is 6.99. The van der Waals surface area contributed by atoms with Gasteiger partial charge in [-0.3, -0.25) is 0 Å². The van der Waals surface area contributed by atoms with Gasteiger partial charge in [0.2, 0.25) is 0 Å². The molecule has 0 heterocycles. The molecule has 0 amide bonds. The van der Waals surface area contributed by atoms with Crippen LogP contribution in [0.2, 0.25) is 0 Å². The molecule has 0 saturated heterocycles. The van der Waals surface area contributed by atoms with Gasteiger partial charge >= 0.3 is 0 Å². The predicted octanol–water partition coefficient (Wildman–Crippen LogP) is 6.53. The maximum Gasteiger partial charge on any atom is 0.127 e. The van der Waals surface area contributed by atoms with Crippen molar-refractivity contribution in [3.8, 4) is 11.5 Å². The van der Waals surface area contributed by atoms with Gasteiger partial charge in [-0.1, -0.05) is 46.3 Å². The second-order valence-electron chi connectivity index (χ2n) is 5.80. The fraction of sp³-hybridized carbons (Fsp3) is 0.0909. The third-order valence-corrected chi connectivity index (χ3v) is 4.26. The Hall–Kier alpha value is -2.72. The molecule has 3 nitrogen and oxygen atoms in total. The second kappa shape index (κ2) is 8.59. The van der Waals surface area contributed by atoms with Crippen molar-refractivity contribution in [2.75, 3.05) is 12.4 Å². The van der Waals surface area contributed by atoms with E-state index in [1.54, 1.807) is 0 Å². The molecular formula is C22H21BrN2O. The van der Waals surface area contributed by atoms with Crippen molar-refractivity contribution in [2.24, 2.45) is 0 Å². The van der Waals surface area contributed by atoms with Gasteiger partial charge in [-0.2, -0.15) is 0 Å². The van der Waals surface area contributed by atoms with Gasteiger partial charge in [-0.15, -0.1) is 0 Å². The summed E-state index contributed by atoms with van der Waals surface area (Å²) in [6, 6.07) is 26.0. The number of para-hydroxylation sites is 1. The highest BCUT2D eigenvalue weighted by molar-refractivity contribution is 9.11. The smallest absolute Gasteiger partial charge is 0.127 e. The minimum absolute atomic E-state index is 0.811. The number of allylic oxidation sites excluding steroid dienone is 1. The highest BCUT2D eigenvalue weighted by atomic mass is 79.9. The third-order valence-electron chi connectivity index (χ3n) is 3.87. The van der Waals surface area contributed by atoms with Crippen molar-refractivity contribution in [3.05, 3.63) is 88.9 Å². The first-order chi connectivity index (χ1) is 12.7. The Morgan fingerprint density at radius 1 is 0.808 bits per heavy atom. The monoisotopic (exact) mass is 408 g/mol. The van der Waals surface area contributed by atoms with Gasteiger partial charge < -0.3 is 15.4 Å². The van der Waals surface area contributed by atoms with E-state index < -0.39 is 0 Å². The molecule has 0 aliphatic rings. The van der Waals surface area contributed by atoms with E-state index in [0.29, 0.717) is 0 Å². The number of ether oxygens (including phenoxy) is 1. The van der Waals surface area contributed by atoms with Gasteiger partial charge in [0.25, 0.3) is 0 Å². The average Bonchev–Trinajstić information content (AvgIpc) is 2.65. The van der Waals surface area contributed by atoms with Gasteiger partial charge in [0.05, 0.1) is 5.70 Å². The summed E-state index contributed by atoms with van der Waals surface area (Å²) in [5.74, 6) is 1.64. The van der Waals surface area contributed by atoms with Crippen molar-refractivity contribution < 1.29 is 4.74 Å². The molecule has 0 atom stereocenters. The minimum Gasteiger partial charge on any atom is -0.457 e. The third kappa shape index (κ3) is 4.67. The highest BCUT2D eigenvalue weighted by Crippen LogP contribution is 2.26. The molecule has 3 rings (SSSR count). The molecule has 0 aliphatic carbocycles. The molecule has 3 aromatic carbocycles. The molecule has 0 fully saturated rings. The largest absolute Gasteiger partial charge is 0.457 e. The average molecular weight is 409 g/mol. The molecule has 2 N–H and O–H groups in total. The summed E-state index contributed by atoms with van der Waals surface area (Å²) in [7, 11) is 1.92. The van der Waals surface area contributed by atoms with Crippen LogP contribution < -0.4 is 15.4 Å². The molecule has 3 aromatic rings. The van der Waals surface area contributed by atoms with Crippen LogP contribution in [0.1, 0.15) is 12.5 Å².